The molecule has 0 bridgehead atoms. The molecule has 0 aliphatic carbocycles. The second-order valence-corrected chi connectivity index (χ2v) is 5.35. The molecule has 0 aromatic heterocycles. The van der Waals surface area contributed by atoms with Crippen molar-refractivity contribution in [1.82, 2.24) is 0 Å². The lowest BCUT2D eigenvalue weighted by molar-refractivity contribution is 0.117. The van der Waals surface area contributed by atoms with Crippen molar-refractivity contribution in [2.24, 2.45) is 0 Å². The highest BCUT2D eigenvalue weighted by Crippen LogP contribution is 2.05. The van der Waals surface area contributed by atoms with Crippen molar-refractivity contribution in [1.29, 1.82) is 0 Å². The summed E-state index contributed by atoms with van der Waals surface area (Å²) >= 11 is 0. The molecule has 0 radical (unpaired) electrons. The van der Waals surface area contributed by atoms with Gasteiger partial charge >= 0.3 is 0 Å². The normalized spacial score (nSPS) is 11.2. The third kappa shape index (κ3) is 9.80. The molecule has 1 rings (SSSR count). The molecular weight excluding hydrogens is 244 g/mol. The van der Waals surface area contributed by atoms with Gasteiger partial charge in [-0.25, -0.2) is 0 Å². The number of allylic oxidation sites excluding steroid dienone is 2. The monoisotopic (exact) mass is 274 g/mol. The van der Waals surface area contributed by atoms with Crippen LogP contribution in [0, 0.1) is 0 Å². The molecule has 1 nitrogen and oxygen atoms in total. The molecule has 0 heterocycles. The van der Waals surface area contributed by atoms with Crippen molar-refractivity contribution in [3.8, 4) is 0 Å². The standard InChI is InChI=1S/C19H30O/c1-2-3-4-5-6-7-8-9-10-14-17-20-18-19-15-12-11-13-16-19/h7-8,11-13,15-16H,2-6,9-10,14,17-18H2,1H3/b8-7-. The Kier molecular flexibility index (Phi) is 11.0. The second kappa shape index (κ2) is 12.9. The van der Waals surface area contributed by atoms with Crippen LogP contribution in [-0.2, 0) is 11.3 Å². The molecule has 1 heteroatoms. The molecule has 0 N–H and O–H groups in total. The van der Waals surface area contributed by atoms with Gasteiger partial charge in [0, 0.05) is 6.61 Å². The first-order chi connectivity index (χ1) is 9.93. The summed E-state index contributed by atoms with van der Waals surface area (Å²) in [5, 5.41) is 0. The van der Waals surface area contributed by atoms with E-state index in [0.29, 0.717) is 0 Å². The highest BCUT2D eigenvalue weighted by Gasteiger charge is 1.92. The van der Waals surface area contributed by atoms with Crippen LogP contribution in [0.3, 0.4) is 0 Å². The van der Waals surface area contributed by atoms with Crippen molar-refractivity contribution < 1.29 is 4.74 Å². The van der Waals surface area contributed by atoms with E-state index in [4.69, 9.17) is 4.74 Å². The smallest absolute Gasteiger partial charge is 0.0716 e. The maximum absolute atomic E-state index is 5.67. The number of ether oxygens (including phenoxy) is 1. The fraction of sp³-hybridized carbons (Fsp3) is 0.579. The number of benzene rings is 1. The first-order valence-electron chi connectivity index (χ1n) is 8.20. The van der Waals surface area contributed by atoms with E-state index in [2.05, 4.69) is 43.3 Å². The minimum atomic E-state index is 0.744. The highest BCUT2D eigenvalue weighted by atomic mass is 16.5. The second-order valence-electron chi connectivity index (χ2n) is 5.35. The predicted molar refractivity (Wildman–Crippen MR) is 87.8 cm³/mol. The van der Waals surface area contributed by atoms with Crippen LogP contribution in [-0.4, -0.2) is 6.61 Å². The zero-order chi connectivity index (χ0) is 14.3. The number of hydrogen-bond acceptors (Lipinski definition) is 1. The van der Waals surface area contributed by atoms with Crippen molar-refractivity contribution in [3.63, 3.8) is 0 Å². The fourth-order valence-corrected chi connectivity index (χ4v) is 2.16. The van der Waals surface area contributed by atoms with Gasteiger partial charge in [0.25, 0.3) is 0 Å². The molecule has 0 atom stereocenters. The lowest BCUT2D eigenvalue weighted by atomic mass is 10.1. The van der Waals surface area contributed by atoms with Crippen molar-refractivity contribution in [2.45, 2.75) is 64.9 Å². The average Bonchev–Trinajstić information content (AvgIpc) is 2.49. The summed E-state index contributed by atoms with van der Waals surface area (Å²) in [4.78, 5) is 0. The third-order valence-corrected chi connectivity index (χ3v) is 3.41. The summed E-state index contributed by atoms with van der Waals surface area (Å²) in [7, 11) is 0. The van der Waals surface area contributed by atoms with E-state index in [-0.39, 0.29) is 0 Å². The van der Waals surface area contributed by atoms with Crippen LogP contribution in [0.5, 0.6) is 0 Å². The van der Waals surface area contributed by atoms with E-state index in [1.807, 2.05) is 6.07 Å². The summed E-state index contributed by atoms with van der Waals surface area (Å²) in [5.41, 5.74) is 1.26. The van der Waals surface area contributed by atoms with Gasteiger partial charge in [-0.15, -0.1) is 0 Å². The molecule has 0 aliphatic heterocycles. The topological polar surface area (TPSA) is 9.23 Å². The largest absolute Gasteiger partial charge is 0.377 e. The van der Waals surface area contributed by atoms with Gasteiger partial charge in [-0.1, -0.05) is 68.7 Å². The van der Waals surface area contributed by atoms with Crippen molar-refractivity contribution >= 4 is 0 Å². The number of hydrogen-bond donors (Lipinski definition) is 0. The minimum absolute atomic E-state index is 0.744. The summed E-state index contributed by atoms with van der Waals surface area (Å²) in [5.74, 6) is 0. The van der Waals surface area contributed by atoms with E-state index < -0.39 is 0 Å². The fourth-order valence-electron chi connectivity index (χ4n) is 2.16. The summed E-state index contributed by atoms with van der Waals surface area (Å²) in [6.07, 6.45) is 15.0. The zero-order valence-electron chi connectivity index (χ0n) is 13.0. The molecule has 0 fully saturated rings. The third-order valence-electron chi connectivity index (χ3n) is 3.41. The van der Waals surface area contributed by atoms with Crippen LogP contribution >= 0.6 is 0 Å². The average molecular weight is 274 g/mol. The van der Waals surface area contributed by atoms with E-state index in [1.54, 1.807) is 0 Å². The first kappa shape index (κ1) is 17.0. The van der Waals surface area contributed by atoms with Gasteiger partial charge in [0.1, 0.15) is 0 Å². The quantitative estimate of drug-likeness (QED) is 0.340. The first-order valence-corrected chi connectivity index (χ1v) is 8.20. The zero-order valence-corrected chi connectivity index (χ0v) is 13.0. The Hall–Kier alpha value is -1.08. The van der Waals surface area contributed by atoms with Crippen LogP contribution in [0.4, 0.5) is 0 Å². The van der Waals surface area contributed by atoms with Crippen molar-refractivity contribution in [2.75, 3.05) is 6.61 Å². The Balaban J connectivity index is 1.84. The molecule has 0 saturated carbocycles. The van der Waals surface area contributed by atoms with Crippen LogP contribution in [0.1, 0.15) is 63.9 Å². The Labute approximate surface area is 125 Å². The Bertz CT molecular complexity index is 329. The SMILES string of the molecule is CCCCCC/C=C\CCCCOCc1ccccc1. The summed E-state index contributed by atoms with van der Waals surface area (Å²) < 4.78 is 5.67. The molecule has 0 amide bonds. The molecule has 1 aromatic rings. The lowest BCUT2D eigenvalue weighted by Gasteiger charge is -2.03. The Morgan fingerprint density at radius 1 is 0.850 bits per heavy atom. The Morgan fingerprint density at radius 2 is 1.55 bits per heavy atom. The molecule has 0 aliphatic rings. The van der Waals surface area contributed by atoms with Crippen LogP contribution in [0.15, 0.2) is 42.5 Å². The minimum Gasteiger partial charge on any atom is -0.377 e. The lowest BCUT2D eigenvalue weighted by Crippen LogP contribution is -1.95. The van der Waals surface area contributed by atoms with Gasteiger partial charge in [0.2, 0.25) is 0 Å². The summed E-state index contributed by atoms with van der Waals surface area (Å²) in [6, 6.07) is 10.4. The Morgan fingerprint density at radius 3 is 2.25 bits per heavy atom. The van der Waals surface area contributed by atoms with Crippen molar-refractivity contribution in [3.05, 3.63) is 48.0 Å². The van der Waals surface area contributed by atoms with Gasteiger partial charge in [0.05, 0.1) is 6.61 Å². The van der Waals surface area contributed by atoms with Gasteiger partial charge < -0.3 is 4.74 Å². The van der Waals surface area contributed by atoms with E-state index in [1.165, 1.54) is 50.5 Å². The van der Waals surface area contributed by atoms with Gasteiger partial charge in [0.15, 0.2) is 0 Å². The molecule has 0 spiro atoms. The predicted octanol–water partition coefficient (Wildman–Crippen LogP) is 5.90. The summed E-state index contributed by atoms with van der Waals surface area (Å²) in [6.45, 7) is 3.88. The van der Waals surface area contributed by atoms with Gasteiger partial charge in [-0.2, -0.15) is 0 Å². The van der Waals surface area contributed by atoms with E-state index >= 15 is 0 Å². The van der Waals surface area contributed by atoms with Crippen LogP contribution in [0.25, 0.3) is 0 Å². The maximum atomic E-state index is 5.67. The molecule has 0 saturated heterocycles. The van der Waals surface area contributed by atoms with E-state index in [9.17, 15) is 0 Å². The highest BCUT2D eigenvalue weighted by molar-refractivity contribution is 5.13. The molecule has 0 unspecified atom stereocenters. The molecule has 20 heavy (non-hydrogen) atoms. The van der Waals surface area contributed by atoms with Gasteiger partial charge in [-0.05, 0) is 37.7 Å². The maximum Gasteiger partial charge on any atom is 0.0716 e. The molecular formula is C19H30O. The van der Waals surface area contributed by atoms with Gasteiger partial charge in [-0.3, -0.25) is 0 Å². The number of rotatable bonds is 12. The number of unbranched alkanes of at least 4 members (excludes halogenated alkanes) is 6. The molecule has 1 aromatic carbocycles. The molecule has 112 valence electrons. The van der Waals surface area contributed by atoms with E-state index in [0.717, 1.165) is 19.6 Å². The van der Waals surface area contributed by atoms with Crippen LogP contribution < -0.4 is 0 Å². The van der Waals surface area contributed by atoms with Crippen LogP contribution in [0.2, 0.25) is 0 Å².